The van der Waals surface area contributed by atoms with E-state index in [9.17, 15) is 17.6 Å². The van der Waals surface area contributed by atoms with Crippen molar-refractivity contribution in [3.8, 4) is 17.2 Å². The van der Waals surface area contributed by atoms with Crippen LogP contribution in [0.15, 0.2) is 102 Å². The predicted octanol–water partition coefficient (Wildman–Crippen LogP) is 6.11. The van der Waals surface area contributed by atoms with Crippen molar-refractivity contribution in [1.29, 1.82) is 0 Å². The quantitative estimate of drug-likeness (QED) is 0.277. The number of nitrogens with one attached hydrogen (secondary N) is 1. The van der Waals surface area contributed by atoms with Gasteiger partial charge < -0.3 is 14.8 Å². The molecule has 0 unspecified atom stereocenters. The number of carbonyl (C=O) groups is 1. The van der Waals surface area contributed by atoms with Crippen LogP contribution in [0.3, 0.4) is 0 Å². The SMILES string of the molecule is COc1ccccc1Oc1ccc(Cl)cc1NC(=O)CN(c1ccccc1)S(=O)(=O)c1ccc(F)cc1. The summed E-state index contributed by atoms with van der Waals surface area (Å²) in [6.45, 7) is -0.565. The van der Waals surface area contributed by atoms with Crippen molar-refractivity contribution in [2.75, 3.05) is 23.3 Å². The summed E-state index contributed by atoms with van der Waals surface area (Å²) in [6.07, 6.45) is 0. The number of methoxy groups -OCH3 is 1. The van der Waals surface area contributed by atoms with Crippen LogP contribution < -0.4 is 19.1 Å². The Bertz CT molecular complexity index is 1500. The molecule has 0 aromatic heterocycles. The van der Waals surface area contributed by atoms with Gasteiger partial charge in [0.2, 0.25) is 5.91 Å². The van der Waals surface area contributed by atoms with Gasteiger partial charge >= 0.3 is 0 Å². The first kappa shape index (κ1) is 26.0. The Labute approximate surface area is 219 Å². The Morgan fingerprint density at radius 2 is 1.54 bits per heavy atom. The molecule has 0 saturated carbocycles. The summed E-state index contributed by atoms with van der Waals surface area (Å²) in [5, 5.41) is 3.02. The zero-order valence-electron chi connectivity index (χ0n) is 19.6. The number of hydrogen-bond acceptors (Lipinski definition) is 5. The van der Waals surface area contributed by atoms with Gasteiger partial charge in [0.1, 0.15) is 12.4 Å². The second-order valence-electron chi connectivity index (χ2n) is 7.74. The maximum atomic E-state index is 13.4. The number of carbonyl (C=O) groups excluding carboxylic acids is 1. The second kappa shape index (κ2) is 11.3. The third-order valence-corrected chi connectivity index (χ3v) is 7.26. The van der Waals surface area contributed by atoms with E-state index in [0.29, 0.717) is 16.5 Å². The molecule has 0 saturated heterocycles. The number of sulfonamides is 1. The molecular weight excluding hydrogens is 519 g/mol. The molecule has 4 rings (SSSR count). The molecular formula is C27H22ClFN2O5S. The number of rotatable bonds is 9. The van der Waals surface area contributed by atoms with Crippen molar-refractivity contribution < 1.29 is 27.1 Å². The highest BCUT2D eigenvalue weighted by Crippen LogP contribution is 2.36. The van der Waals surface area contributed by atoms with Gasteiger partial charge in [0.15, 0.2) is 17.2 Å². The van der Waals surface area contributed by atoms with Crippen molar-refractivity contribution in [2.45, 2.75) is 4.90 Å². The summed E-state index contributed by atoms with van der Waals surface area (Å²) in [5.74, 6) is -0.0638. The van der Waals surface area contributed by atoms with Crippen LogP contribution >= 0.6 is 11.6 Å². The molecule has 0 radical (unpaired) electrons. The number of para-hydroxylation sites is 3. The molecule has 0 heterocycles. The number of amides is 1. The first-order valence-electron chi connectivity index (χ1n) is 11.0. The lowest BCUT2D eigenvalue weighted by Crippen LogP contribution is -2.38. The van der Waals surface area contributed by atoms with Crippen LogP contribution in [0.4, 0.5) is 15.8 Å². The second-order valence-corrected chi connectivity index (χ2v) is 10.0. The Morgan fingerprint density at radius 3 is 2.22 bits per heavy atom. The third kappa shape index (κ3) is 6.19. The van der Waals surface area contributed by atoms with Crippen LogP contribution in [0, 0.1) is 5.82 Å². The maximum absolute atomic E-state index is 13.4. The van der Waals surface area contributed by atoms with Crippen molar-refractivity contribution in [1.82, 2.24) is 0 Å². The van der Waals surface area contributed by atoms with Crippen LogP contribution in [-0.4, -0.2) is 28.0 Å². The fraction of sp³-hybridized carbons (Fsp3) is 0.0741. The number of anilines is 2. The first-order chi connectivity index (χ1) is 17.8. The Hall–Kier alpha value is -4.08. The van der Waals surface area contributed by atoms with Crippen LogP contribution in [0.5, 0.6) is 17.2 Å². The van der Waals surface area contributed by atoms with E-state index < -0.39 is 28.3 Å². The smallest absolute Gasteiger partial charge is 0.264 e. The standard InChI is InChI=1S/C27H22ClFN2O5S/c1-35-25-9-5-6-10-26(25)36-24-16-11-19(28)17-23(24)30-27(32)18-31(21-7-3-2-4-8-21)37(33,34)22-14-12-20(29)13-15-22/h2-17H,18H2,1H3,(H,30,32). The summed E-state index contributed by atoms with van der Waals surface area (Å²) in [7, 11) is -2.70. The highest BCUT2D eigenvalue weighted by molar-refractivity contribution is 7.92. The lowest BCUT2D eigenvalue weighted by Gasteiger charge is -2.24. The minimum Gasteiger partial charge on any atom is -0.493 e. The van der Waals surface area contributed by atoms with Gasteiger partial charge in [0.05, 0.1) is 23.4 Å². The molecule has 0 aliphatic carbocycles. The highest BCUT2D eigenvalue weighted by Gasteiger charge is 2.27. The van der Waals surface area contributed by atoms with E-state index in [1.165, 1.54) is 13.2 Å². The number of halogens is 2. The van der Waals surface area contributed by atoms with Gasteiger partial charge in [0, 0.05) is 5.02 Å². The summed E-state index contributed by atoms with van der Waals surface area (Å²) in [6, 6.07) is 24.2. The molecule has 0 aliphatic heterocycles. The van der Waals surface area contributed by atoms with Gasteiger partial charge in [-0.15, -0.1) is 0 Å². The topological polar surface area (TPSA) is 84.9 Å². The van der Waals surface area contributed by atoms with Crippen molar-refractivity contribution in [3.63, 3.8) is 0 Å². The third-order valence-electron chi connectivity index (χ3n) is 5.24. The number of hydrogen-bond donors (Lipinski definition) is 1. The molecule has 0 atom stereocenters. The molecule has 4 aromatic rings. The molecule has 1 N–H and O–H groups in total. The van der Waals surface area contributed by atoms with Gasteiger partial charge in [-0.1, -0.05) is 41.9 Å². The Balaban J connectivity index is 1.63. The van der Waals surface area contributed by atoms with Crippen molar-refractivity contribution >= 4 is 38.9 Å². The Morgan fingerprint density at radius 1 is 0.892 bits per heavy atom. The monoisotopic (exact) mass is 540 g/mol. The van der Waals surface area contributed by atoms with E-state index in [2.05, 4.69) is 5.32 Å². The number of ether oxygens (including phenoxy) is 2. The van der Waals surface area contributed by atoms with E-state index in [0.717, 1.165) is 28.6 Å². The maximum Gasteiger partial charge on any atom is 0.264 e. The fourth-order valence-electron chi connectivity index (χ4n) is 3.47. The molecule has 0 spiro atoms. The molecule has 7 nitrogen and oxygen atoms in total. The van der Waals surface area contributed by atoms with Crippen molar-refractivity contribution in [3.05, 3.63) is 108 Å². The fourth-order valence-corrected chi connectivity index (χ4v) is 5.07. The van der Waals surface area contributed by atoms with Crippen LogP contribution in [0.2, 0.25) is 5.02 Å². The van der Waals surface area contributed by atoms with Crippen LogP contribution in [0.1, 0.15) is 0 Å². The zero-order valence-corrected chi connectivity index (χ0v) is 21.2. The molecule has 0 bridgehead atoms. The number of benzene rings is 4. The van der Waals surface area contributed by atoms with Gasteiger partial charge in [-0.3, -0.25) is 9.10 Å². The van der Waals surface area contributed by atoms with E-state index in [-0.39, 0.29) is 22.0 Å². The summed E-state index contributed by atoms with van der Waals surface area (Å²) in [4.78, 5) is 13.0. The summed E-state index contributed by atoms with van der Waals surface area (Å²) >= 11 is 6.16. The average molecular weight is 541 g/mol. The van der Waals surface area contributed by atoms with Crippen LogP contribution in [-0.2, 0) is 14.8 Å². The normalized spacial score (nSPS) is 11.0. The largest absolute Gasteiger partial charge is 0.493 e. The summed E-state index contributed by atoms with van der Waals surface area (Å²) < 4.78 is 52.5. The first-order valence-corrected chi connectivity index (χ1v) is 12.8. The van der Waals surface area contributed by atoms with Gasteiger partial charge in [-0.05, 0) is 66.7 Å². The summed E-state index contributed by atoms with van der Waals surface area (Å²) in [5.41, 5.74) is 0.495. The molecule has 1 amide bonds. The van der Waals surface area contributed by atoms with Crippen molar-refractivity contribution in [2.24, 2.45) is 0 Å². The molecule has 37 heavy (non-hydrogen) atoms. The molecule has 4 aromatic carbocycles. The lowest BCUT2D eigenvalue weighted by molar-refractivity contribution is -0.114. The van der Waals surface area contributed by atoms with E-state index in [4.69, 9.17) is 21.1 Å². The van der Waals surface area contributed by atoms with E-state index in [1.54, 1.807) is 66.7 Å². The molecule has 190 valence electrons. The zero-order chi connectivity index (χ0) is 26.4. The molecule has 0 aliphatic rings. The van der Waals surface area contributed by atoms with Gasteiger partial charge in [0.25, 0.3) is 10.0 Å². The Kier molecular flexibility index (Phi) is 7.95. The molecule has 10 heteroatoms. The minimum absolute atomic E-state index is 0.159. The van der Waals surface area contributed by atoms with Gasteiger partial charge in [-0.2, -0.15) is 0 Å². The van der Waals surface area contributed by atoms with E-state index >= 15 is 0 Å². The average Bonchev–Trinajstić information content (AvgIpc) is 2.90. The predicted molar refractivity (Wildman–Crippen MR) is 141 cm³/mol. The highest BCUT2D eigenvalue weighted by atomic mass is 35.5. The minimum atomic E-state index is -4.20. The van der Waals surface area contributed by atoms with Crippen LogP contribution in [0.25, 0.3) is 0 Å². The van der Waals surface area contributed by atoms with Gasteiger partial charge in [-0.25, -0.2) is 12.8 Å². The number of nitrogens with zero attached hydrogens (tertiary/aromatic N) is 1. The molecule has 0 fully saturated rings. The van der Waals surface area contributed by atoms with E-state index in [1.807, 2.05) is 0 Å². The lowest BCUT2D eigenvalue weighted by atomic mass is 10.2.